The zero-order valence-electron chi connectivity index (χ0n) is 45.5. The summed E-state index contributed by atoms with van der Waals surface area (Å²) in [5.74, 6) is -0.363. The molecule has 66 heavy (non-hydrogen) atoms. The minimum absolute atomic E-state index is 0.0986. The molecule has 0 bridgehead atoms. The van der Waals surface area contributed by atoms with Crippen LogP contribution in [0, 0.1) is 0 Å². The van der Waals surface area contributed by atoms with Crippen molar-refractivity contribution in [2.24, 2.45) is 0 Å². The van der Waals surface area contributed by atoms with Crippen LogP contribution >= 0.6 is 0 Å². The highest BCUT2D eigenvalue weighted by Gasteiger charge is 2.18. The molecule has 0 aromatic heterocycles. The third-order valence-corrected chi connectivity index (χ3v) is 14.1. The van der Waals surface area contributed by atoms with E-state index in [2.05, 4.69) is 20.8 Å². The lowest BCUT2D eigenvalue weighted by Gasteiger charge is -2.18. The fourth-order valence-corrected chi connectivity index (χ4v) is 9.57. The van der Waals surface area contributed by atoms with Crippen LogP contribution in [0.2, 0.25) is 0 Å². The van der Waals surface area contributed by atoms with Crippen molar-refractivity contribution >= 4 is 11.9 Å². The second kappa shape index (κ2) is 58.2. The van der Waals surface area contributed by atoms with E-state index >= 15 is 0 Å². The molecule has 394 valence electrons. The maximum atomic E-state index is 12.8. The van der Waals surface area contributed by atoms with E-state index in [1.807, 2.05) is 0 Å². The first-order valence-corrected chi connectivity index (χ1v) is 30.6. The summed E-state index contributed by atoms with van der Waals surface area (Å²) in [7, 11) is 0. The predicted molar refractivity (Wildman–Crippen MR) is 289 cm³/mol. The molecule has 0 heterocycles. The van der Waals surface area contributed by atoms with Crippen molar-refractivity contribution in [3.05, 3.63) is 0 Å². The van der Waals surface area contributed by atoms with E-state index in [4.69, 9.17) is 14.2 Å². The van der Waals surface area contributed by atoms with Crippen LogP contribution in [0.4, 0.5) is 0 Å². The molecule has 0 N–H and O–H groups in total. The van der Waals surface area contributed by atoms with E-state index in [9.17, 15) is 9.59 Å². The van der Waals surface area contributed by atoms with E-state index in [1.165, 1.54) is 289 Å². The molecule has 0 fully saturated rings. The van der Waals surface area contributed by atoms with Crippen molar-refractivity contribution in [2.75, 3.05) is 19.8 Å². The van der Waals surface area contributed by atoms with Gasteiger partial charge in [-0.3, -0.25) is 9.59 Å². The van der Waals surface area contributed by atoms with Gasteiger partial charge in [-0.1, -0.05) is 323 Å². The van der Waals surface area contributed by atoms with E-state index < -0.39 is 6.10 Å². The van der Waals surface area contributed by atoms with Gasteiger partial charge in [0.15, 0.2) is 6.10 Å². The summed E-state index contributed by atoms with van der Waals surface area (Å²) in [5.41, 5.74) is 0. The molecular formula is C61H120O5. The first-order valence-electron chi connectivity index (χ1n) is 30.6. The Morgan fingerprint density at radius 1 is 0.273 bits per heavy atom. The molecule has 0 saturated carbocycles. The number of esters is 2. The Morgan fingerprint density at radius 3 is 0.773 bits per heavy atom. The molecule has 0 aliphatic rings. The van der Waals surface area contributed by atoms with Crippen molar-refractivity contribution < 1.29 is 23.8 Å². The Kier molecular flexibility index (Phi) is 57.2. The molecule has 0 spiro atoms. The SMILES string of the molecule is CCCCCCCCCCCCCCCCCCCCCCCC(=O)OC[C@@H](COCCCCCCCCCCCCCCCCCC)OC(=O)CCCCCCCCCCCCCCC. The zero-order chi connectivity index (χ0) is 47.7. The predicted octanol–water partition coefficient (Wildman–Crippen LogP) is 20.8. The van der Waals surface area contributed by atoms with Gasteiger partial charge in [-0.05, 0) is 19.3 Å². The second-order valence-electron chi connectivity index (χ2n) is 21.0. The Hall–Kier alpha value is -1.10. The smallest absolute Gasteiger partial charge is 0.306 e. The van der Waals surface area contributed by atoms with Gasteiger partial charge in [0.2, 0.25) is 0 Å². The van der Waals surface area contributed by atoms with Crippen LogP contribution < -0.4 is 0 Å². The lowest BCUT2D eigenvalue weighted by molar-refractivity contribution is -0.163. The Morgan fingerprint density at radius 2 is 0.500 bits per heavy atom. The zero-order valence-corrected chi connectivity index (χ0v) is 45.5. The van der Waals surface area contributed by atoms with Gasteiger partial charge in [0.05, 0.1) is 6.61 Å². The van der Waals surface area contributed by atoms with Gasteiger partial charge in [0.1, 0.15) is 6.61 Å². The molecular weight excluding hydrogens is 813 g/mol. The van der Waals surface area contributed by atoms with Crippen molar-refractivity contribution in [2.45, 2.75) is 361 Å². The van der Waals surface area contributed by atoms with Gasteiger partial charge >= 0.3 is 11.9 Å². The highest BCUT2D eigenvalue weighted by Crippen LogP contribution is 2.18. The highest BCUT2D eigenvalue weighted by molar-refractivity contribution is 5.70. The molecule has 0 aliphatic heterocycles. The number of carbonyl (C=O) groups excluding carboxylic acids is 2. The summed E-state index contributed by atoms with van der Waals surface area (Å²) in [6.07, 6.45) is 67.0. The first-order chi connectivity index (χ1) is 32.6. The summed E-state index contributed by atoms with van der Waals surface area (Å²) < 4.78 is 17.5. The molecule has 5 nitrogen and oxygen atoms in total. The Labute approximate surface area is 414 Å². The fourth-order valence-electron chi connectivity index (χ4n) is 9.57. The second-order valence-corrected chi connectivity index (χ2v) is 21.0. The summed E-state index contributed by atoms with van der Waals surface area (Å²) >= 11 is 0. The molecule has 0 saturated heterocycles. The summed E-state index contributed by atoms with van der Waals surface area (Å²) in [5, 5.41) is 0. The summed E-state index contributed by atoms with van der Waals surface area (Å²) in [6.45, 7) is 7.93. The van der Waals surface area contributed by atoms with Gasteiger partial charge < -0.3 is 14.2 Å². The molecule has 5 heteroatoms. The standard InChI is InChI=1S/C61H120O5/c1-4-7-10-13-16-19-22-25-27-29-30-31-32-33-34-37-39-42-45-48-51-54-60(62)65-58-59(66-61(63)55-52-49-46-43-40-36-24-21-18-15-12-9-6-3)57-64-56-53-50-47-44-41-38-35-28-26-23-20-17-14-11-8-5-2/h59H,4-58H2,1-3H3/t59-/m1/s1. The van der Waals surface area contributed by atoms with Crippen LogP contribution in [0.1, 0.15) is 355 Å². The molecule has 1 atom stereocenters. The molecule has 0 aliphatic carbocycles. The first kappa shape index (κ1) is 64.9. The average molecular weight is 934 g/mol. The largest absolute Gasteiger partial charge is 0.462 e. The number of ether oxygens (including phenoxy) is 3. The van der Waals surface area contributed by atoms with Gasteiger partial charge in [0.25, 0.3) is 0 Å². The van der Waals surface area contributed by atoms with Gasteiger partial charge in [-0.25, -0.2) is 0 Å². The number of hydrogen-bond donors (Lipinski definition) is 0. The molecule has 0 radical (unpaired) electrons. The lowest BCUT2D eigenvalue weighted by atomic mass is 10.0. The Bertz CT molecular complexity index is 921. The van der Waals surface area contributed by atoms with E-state index in [-0.39, 0.29) is 18.5 Å². The topological polar surface area (TPSA) is 61.8 Å². The number of rotatable bonds is 58. The van der Waals surface area contributed by atoms with Crippen molar-refractivity contribution in [3.63, 3.8) is 0 Å². The molecule has 0 unspecified atom stereocenters. The molecule has 0 rings (SSSR count). The van der Waals surface area contributed by atoms with Crippen molar-refractivity contribution in [1.82, 2.24) is 0 Å². The van der Waals surface area contributed by atoms with E-state index in [1.54, 1.807) is 0 Å². The number of unbranched alkanes of at least 4 members (excludes halogenated alkanes) is 47. The third kappa shape index (κ3) is 55.5. The number of carbonyl (C=O) groups is 2. The quantitative estimate of drug-likeness (QED) is 0.0449. The van der Waals surface area contributed by atoms with Gasteiger partial charge in [0, 0.05) is 19.4 Å². The van der Waals surface area contributed by atoms with Crippen LogP contribution in [0.25, 0.3) is 0 Å². The van der Waals surface area contributed by atoms with Crippen LogP contribution in [0.5, 0.6) is 0 Å². The van der Waals surface area contributed by atoms with Gasteiger partial charge in [-0.2, -0.15) is 0 Å². The monoisotopic (exact) mass is 933 g/mol. The molecule has 0 aromatic carbocycles. The highest BCUT2D eigenvalue weighted by atomic mass is 16.6. The molecule has 0 amide bonds. The van der Waals surface area contributed by atoms with E-state index in [0.29, 0.717) is 26.1 Å². The summed E-state index contributed by atoms with van der Waals surface area (Å²) in [4.78, 5) is 25.5. The van der Waals surface area contributed by atoms with Crippen LogP contribution in [-0.2, 0) is 23.8 Å². The normalized spacial score (nSPS) is 12.0. The average Bonchev–Trinajstić information content (AvgIpc) is 3.32. The van der Waals surface area contributed by atoms with Crippen LogP contribution in [-0.4, -0.2) is 37.9 Å². The number of hydrogen-bond acceptors (Lipinski definition) is 5. The van der Waals surface area contributed by atoms with Crippen molar-refractivity contribution in [3.8, 4) is 0 Å². The Balaban J connectivity index is 4.12. The maximum absolute atomic E-state index is 12.8. The van der Waals surface area contributed by atoms with Crippen molar-refractivity contribution in [1.29, 1.82) is 0 Å². The van der Waals surface area contributed by atoms with E-state index in [0.717, 1.165) is 32.1 Å². The fraction of sp³-hybridized carbons (Fsp3) is 0.967. The van der Waals surface area contributed by atoms with Gasteiger partial charge in [-0.15, -0.1) is 0 Å². The lowest BCUT2D eigenvalue weighted by Crippen LogP contribution is -2.30. The maximum Gasteiger partial charge on any atom is 0.306 e. The minimum Gasteiger partial charge on any atom is -0.462 e. The van der Waals surface area contributed by atoms with Crippen LogP contribution in [0.15, 0.2) is 0 Å². The third-order valence-electron chi connectivity index (χ3n) is 14.1. The minimum atomic E-state index is -0.524. The van der Waals surface area contributed by atoms with Crippen LogP contribution in [0.3, 0.4) is 0 Å². The summed E-state index contributed by atoms with van der Waals surface area (Å²) in [6, 6.07) is 0. The molecule has 0 aromatic rings.